The van der Waals surface area contributed by atoms with E-state index < -0.39 is 0 Å². The van der Waals surface area contributed by atoms with Crippen molar-refractivity contribution in [3.8, 4) is 0 Å². The minimum absolute atomic E-state index is 0.443. The average molecular weight is 185 g/mol. The zero-order valence-corrected chi connectivity index (χ0v) is 7.85. The first-order valence-electron chi connectivity index (χ1n) is 5.15. The monoisotopic (exact) mass is 185 g/mol. The van der Waals surface area contributed by atoms with E-state index >= 15 is 0 Å². The molecule has 70 valence electrons. The first-order valence-corrected chi connectivity index (χ1v) is 5.15. The summed E-state index contributed by atoms with van der Waals surface area (Å²) in [5.74, 6) is 2.27. The first-order chi connectivity index (χ1) is 6.87. The van der Waals surface area contributed by atoms with Crippen molar-refractivity contribution >= 4 is 5.52 Å². The van der Waals surface area contributed by atoms with Gasteiger partial charge in [-0.3, -0.25) is 4.98 Å². The number of aromatic nitrogens is 3. The molecule has 2 aromatic rings. The van der Waals surface area contributed by atoms with Crippen LogP contribution in [-0.2, 0) is 5.41 Å². The third-order valence-electron chi connectivity index (χ3n) is 3.85. The van der Waals surface area contributed by atoms with Crippen LogP contribution in [0, 0.1) is 5.92 Å². The lowest BCUT2D eigenvalue weighted by molar-refractivity contribution is -0.0349. The number of hydrogen-bond acceptors (Lipinski definition) is 2. The van der Waals surface area contributed by atoms with Gasteiger partial charge in [0.05, 0.1) is 17.9 Å². The van der Waals surface area contributed by atoms with Crippen LogP contribution >= 0.6 is 0 Å². The van der Waals surface area contributed by atoms with Crippen molar-refractivity contribution in [3.05, 3.63) is 30.6 Å². The minimum Gasteiger partial charge on any atom is -0.300 e. The van der Waals surface area contributed by atoms with Crippen molar-refractivity contribution in [2.75, 3.05) is 0 Å². The summed E-state index contributed by atoms with van der Waals surface area (Å²) >= 11 is 0. The lowest BCUT2D eigenvalue weighted by Gasteiger charge is -2.60. The highest BCUT2D eigenvalue weighted by Gasteiger charge is 2.59. The highest BCUT2D eigenvalue weighted by Crippen LogP contribution is 2.64. The van der Waals surface area contributed by atoms with Crippen molar-refractivity contribution in [2.45, 2.75) is 24.7 Å². The van der Waals surface area contributed by atoms with Gasteiger partial charge in [0.1, 0.15) is 5.82 Å². The topological polar surface area (TPSA) is 30.2 Å². The fraction of sp³-hybridized carbons (Fsp3) is 0.455. The van der Waals surface area contributed by atoms with E-state index in [9.17, 15) is 0 Å². The Labute approximate surface area is 81.8 Å². The Morgan fingerprint density at radius 3 is 2.86 bits per heavy atom. The van der Waals surface area contributed by atoms with Crippen LogP contribution in [0.1, 0.15) is 25.1 Å². The summed E-state index contributed by atoms with van der Waals surface area (Å²) in [5.41, 5.74) is 1.56. The zero-order chi connectivity index (χ0) is 9.17. The molecule has 3 aliphatic carbocycles. The van der Waals surface area contributed by atoms with Gasteiger partial charge in [-0.1, -0.05) is 0 Å². The molecule has 0 atom stereocenters. The molecular formula is C11H11N3. The fourth-order valence-electron chi connectivity index (χ4n) is 3.00. The molecule has 0 aromatic carbocycles. The molecule has 5 rings (SSSR count). The SMILES string of the molecule is c1cn2c(C34CC(C3)C4)ncc2cn1. The van der Waals surface area contributed by atoms with E-state index in [0.717, 1.165) is 11.4 Å². The predicted octanol–water partition coefficient (Wildman–Crippen LogP) is 1.78. The van der Waals surface area contributed by atoms with Crippen molar-refractivity contribution in [1.29, 1.82) is 0 Å². The van der Waals surface area contributed by atoms with E-state index in [2.05, 4.69) is 14.4 Å². The van der Waals surface area contributed by atoms with Crippen LogP contribution in [0.5, 0.6) is 0 Å². The Morgan fingerprint density at radius 1 is 1.29 bits per heavy atom. The Balaban J connectivity index is 1.97. The van der Waals surface area contributed by atoms with Crippen LogP contribution in [0.4, 0.5) is 0 Å². The number of rotatable bonds is 1. The molecule has 3 heteroatoms. The van der Waals surface area contributed by atoms with Gasteiger partial charge in [0.15, 0.2) is 0 Å². The van der Waals surface area contributed by atoms with Gasteiger partial charge in [0.2, 0.25) is 0 Å². The third-order valence-corrected chi connectivity index (χ3v) is 3.85. The molecular weight excluding hydrogens is 174 g/mol. The Hall–Kier alpha value is -1.38. The van der Waals surface area contributed by atoms with E-state index in [4.69, 9.17) is 0 Å². The third kappa shape index (κ3) is 0.626. The standard InChI is InChI=1S/C11H11N3/c1-2-14-9(6-12-1)7-13-10(14)11-3-8(4-11)5-11/h1-2,6-8H,3-5H2. The zero-order valence-electron chi connectivity index (χ0n) is 7.85. The summed E-state index contributed by atoms with van der Waals surface area (Å²) < 4.78 is 2.20. The Kier molecular flexibility index (Phi) is 0.996. The van der Waals surface area contributed by atoms with Crippen LogP contribution in [0.3, 0.4) is 0 Å². The molecule has 0 amide bonds. The van der Waals surface area contributed by atoms with Crippen LogP contribution in [0.15, 0.2) is 24.8 Å². The molecule has 3 nitrogen and oxygen atoms in total. The van der Waals surface area contributed by atoms with Gasteiger partial charge in [-0.05, 0) is 25.2 Å². The van der Waals surface area contributed by atoms with E-state index in [1.165, 1.54) is 25.1 Å². The van der Waals surface area contributed by atoms with Crippen molar-refractivity contribution < 1.29 is 0 Å². The number of fused-ring (bicyclic) bond motifs is 1. The maximum atomic E-state index is 4.55. The summed E-state index contributed by atoms with van der Waals surface area (Å²) in [4.78, 5) is 8.65. The molecule has 0 spiro atoms. The van der Waals surface area contributed by atoms with E-state index in [0.29, 0.717) is 5.41 Å². The molecule has 2 heterocycles. The quantitative estimate of drug-likeness (QED) is 0.678. The van der Waals surface area contributed by atoms with Crippen LogP contribution < -0.4 is 0 Å². The van der Waals surface area contributed by atoms with Crippen molar-refractivity contribution in [1.82, 2.24) is 14.4 Å². The molecule has 0 saturated heterocycles. The Morgan fingerprint density at radius 2 is 2.14 bits per heavy atom. The lowest BCUT2D eigenvalue weighted by atomic mass is 9.44. The summed E-state index contributed by atoms with van der Waals surface area (Å²) in [6.07, 6.45) is 11.7. The van der Waals surface area contributed by atoms with Crippen molar-refractivity contribution in [2.24, 2.45) is 5.92 Å². The second-order valence-corrected chi connectivity index (χ2v) is 4.71. The highest BCUT2D eigenvalue weighted by atomic mass is 15.1. The van der Waals surface area contributed by atoms with E-state index in [1.54, 1.807) is 0 Å². The second-order valence-electron chi connectivity index (χ2n) is 4.71. The molecule has 0 radical (unpaired) electrons. The summed E-state index contributed by atoms with van der Waals surface area (Å²) in [6, 6.07) is 0. The highest BCUT2D eigenvalue weighted by molar-refractivity contribution is 5.45. The molecule has 14 heavy (non-hydrogen) atoms. The molecule has 2 bridgehead atoms. The molecule has 0 aliphatic heterocycles. The first kappa shape index (κ1) is 6.98. The average Bonchev–Trinajstić information content (AvgIpc) is 2.45. The molecule has 0 unspecified atom stereocenters. The normalized spacial score (nSPS) is 33.9. The van der Waals surface area contributed by atoms with Gasteiger partial charge in [0.25, 0.3) is 0 Å². The number of imidazole rings is 1. The summed E-state index contributed by atoms with van der Waals surface area (Å²) in [5, 5.41) is 0. The van der Waals surface area contributed by atoms with Gasteiger partial charge < -0.3 is 4.40 Å². The van der Waals surface area contributed by atoms with E-state index in [1.807, 2.05) is 24.8 Å². The molecule has 3 saturated carbocycles. The van der Waals surface area contributed by atoms with Gasteiger partial charge in [0, 0.05) is 17.8 Å². The van der Waals surface area contributed by atoms with Gasteiger partial charge in [-0.15, -0.1) is 0 Å². The molecule has 2 aromatic heterocycles. The summed E-state index contributed by atoms with van der Waals surface area (Å²) in [6.45, 7) is 0. The summed E-state index contributed by atoms with van der Waals surface area (Å²) in [7, 11) is 0. The lowest BCUT2D eigenvalue weighted by Crippen LogP contribution is -2.56. The fourth-order valence-corrected chi connectivity index (χ4v) is 3.00. The van der Waals surface area contributed by atoms with Gasteiger partial charge in [-0.25, -0.2) is 4.98 Å². The van der Waals surface area contributed by atoms with Crippen LogP contribution in [0.2, 0.25) is 0 Å². The maximum Gasteiger partial charge on any atom is 0.119 e. The van der Waals surface area contributed by atoms with Crippen LogP contribution in [0.25, 0.3) is 5.52 Å². The van der Waals surface area contributed by atoms with Gasteiger partial charge >= 0.3 is 0 Å². The smallest absolute Gasteiger partial charge is 0.119 e. The van der Waals surface area contributed by atoms with Crippen LogP contribution in [-0.4, -0.2) is 14.4 Å². The van der Waals surface area contributed by atoms with E-state index in [-0.39, 0.29) is 0 Å². The molecule has 3 aliphatic rings. The molecule has 3 fully saturated rings. The van der Waals surface area contributed by atoms with Crippen molar-refractivity contribution in [3.63, 3.8) is 0 Å². The Bertz CT molecular complexity index is 497. The number of hydrogen-bond donors (Lipinski definition) is 0. The largest absolute Gasteiger partial charge is 0.300 e. The molecule has 0 N–H and O–H groups in total. The minimum atomic E-state index is 0.443. The second kappa shape index (κ2) is 2.00. The van der Waals surface area contributed by atoms with Gasteiger partial charge in [-0.2, -0.15) is 0 Å². The predicted molar refractivity (Wildman–Crippen MR) is 52.0 cm³/mol. The maximum absolute atomic E-state index is 4.55. The number of nitrogens with zero attached hydrogens (tertiary/aromatic N) is 3.